The summed E-state index contributed by atoms with van der Waals surface area (Å²) in [5.74, 6) is 2.50. The van der Waals surface area contributed by atoms with Crippen LogP contribution in [0.4, 0.5) is 0 Å². The van der Waals surface area contributed by atoms with E-state index >= 15 is 0 Å². The van der Waals surface area contributed by atoms with Crippen molar-refractivity contribution in [1.29, 1.82) is 0 Å². The predicted molar refractivity (Wildman–Crippen MR) is 67.1 cm³/mol. The molecule has 0 spiro atoms. The zero-order valence-corrected chi connectivity index (χ0v) is 9.75. The lowest BCUT2D eigenvalue weighted by molar-refractivity contribution is 0.283. The minimum atomic E-state index is 0.161. The first-order valence-electron chi connectivity index (χ1n) is 5.47. The van der Waals surface area contributed by atoms with Crippen molar-refractivity contribution in [3.8, 4) is 0 Å². The van der Waals surface area contributed by atoms with Crippen LogP contribution < -0.4 is 5.73 Å². The van der Waals surface area contributed by atoms with Crippen LogP contribution in [0.5, 0.6) is 0 Å². The van der Waals surface area contributed by atoms with E-state index in [1.807, 2.05) is 17.8 Å². The van der Waals surface area contributed by atoms with Gasteiger partial charge in [0.1, 0.15) is 0 Å². The topological polar surface area (TPSA) is 29.3 Å². The van der Waals surface area contributed by atoms with Crippen LogP contribution in [0, 0.1) is 0 Å². The fourth-order valence-corrected chi connectivity index (χ4v) is 2.85. The lowest BCUT2D eigenvalue weighted by Gasteiger charge is -2.28. The van der Waals surface area contributed by atoms with Crippen LogP contribution in [0.15, 0.2) is 30.3 Å². The quantitative estimate of drug-likeness (QED) is 0.844. The molecule has 3 heteroatoms. The number of nitrogens with zero attached hydrogens (tertiary/aromatic N) is 1. The zero-order valence-electron chi connectivity index (χ0n) is 8.93. The molecule has 1 aromatic rings. The highest BCUT2D eigenvalue weighted by Gasteiger charge is 2.14. The standard InChI is InChI=1S/C12H18N2S/c13-12(11-4-2-1-3-5-11)10-14-6-8-15-9-7-14/h1-5,12H,6-10,13H2/t12-/m1/s1. The molecule has 0 aliphatic carbocycles. The van der Waals surface area contributed by atoms with Gasteiger partial charge in [-0.15, -0.1) is 0 Å². The summed E-state index contributed by atoms with van der Waals surface area (Å²) in [4.78, 5) is 2.47. The Hall–Kier alpha value is -0.510. The Bertz CT molecular complexity index is 283. The molecule has 0 radical (unpaired) electrons. The Balaban J connectivity index is 1.88. The molecule has 2 rings (SSSR count). The van der Waals surface area contributed by atoms with Crippen LogP contribution in [0.25, 0.3) is 0 Å². The van der Waals surface area contributed by atoms with Crippen molar-refractivity contribution in [3.63, 3.8) is 0 Å². The van der Waals surface area contributed by atoms with Crippen molar-refractivity contribution in [1.82, 2.24) is 4.90 Å². The van der Waals surface area contributed by atoms with Crippen molar-refractivity contribution >= 4 is 11.8 Å². The first-order valence-corrected chi connectivity index (χ1v) is 6.62. The third-order valence-electron chi connectivity index (χ3n) is 2.79. The SMILES string of the molecule is N[C@H](CN1CCSCC1)c1ccccc1. The second kappa shape index (κ2) is 5.54. The van der Waals surface area contributed by atoms with Gasteiger partial charge in [-0.2, -0.15) is 11.8 Å². The first kappa shape index (κ1) is 11.0. The van der Waals surface area contributed by atoms with E-state index in [1.165, 1.54) is 30.2 Å². The molecule has 1 aliphatic heterocycles. The van der Waals surface area contributed by atoms with Gasteiger partial charge in [0.25, 0.3) is 0 Å². The number of thioether (sulfide) groups is 1. The summed E-state index contributed by atoms with van der Waals surface area (Å²) in [6.45, 7) is 3.36. The van der Waals surface area contributed by atoms with Gasteiger partial charge in [-0.1, -0.05) is 30.3 Å². The largest absolute Gasteiger partial charge is 0.323 e. The second-order valence-corrected chi connectivity index (χ2v) is 5.15. The summed E-state index contributed by atoms with van der Waals surface area (Å²) >= 11 is 2.04. The highest BCUT2D eigenvalue weighted by molar-refractivity contribution is 7.99. The minimum Gasteiger partial charge on any atom is -0.323 e. The van der Waals surface area contributed by atoms with E-state index in [0.29, 0.717) is 0 Å². The number of hydrogen-bond donors (Lipinski definition) is 1. The lowest BCUT2D eigenvalue weighted by atomic mass is 10.1. The van der Waals surface area contributed by atoms with Crippen LogP contribution in [-0.2, 0) is 0 Å². The average Bonchev–Trinajstić information content (AvgIpc) is 2.31. The lowest BCUT2D eigenvalue weighted by Crippen LogP contribution is -2.37. The third-order valence-corrected chi connectivity index (χ3v) is 3.73. The fourth-order valence-electron chi connectivity index (χ4n) is 1.87. The molecular weight excluding hydrogens is 204 g/mol. The van der Waals surface area contributed by atoms with Crippen LogP contribution >= 0.6 is 11.8 Å². The summed E-state index contributed by atoms with van der Waals surface area (Å²) < 4.78 is 0. The molecule has 1 aromatic carbocycles. The first-order chi connectivity index (χ1) is 7.36. The highest BCUT2D eigenvalue weighted by Crippen LogP contribution is 2.14. The molecule has 0 bridgehead atoms. The molecule has 1 saturated heterocycles. The van der Waals surface area contributed by atoms with Crippen LogP contribution in [0.2, 0.25) is 0 Å². The van der Waals surface area contributed by atoms with E-state index in [1.54, 1.807) is 0 Å². The predicted octanol–water partition coefficient (Wildman–Crippen LogP) is 1.74. The van der Waals surface area contributed by atoms with Gasteiger partial charge in [-0.25, -0.2) is 0 Å². The molecule has 0 amide bonds. The van der Waals surface area contributed by atoms with Crippen molar-refractivity contribution in [2.45, 2.75) is 6.04 Å². The van der Waals surface area contributed by atoms with Gasteiger partial charge in [0.15, 0.2) is 0 Å². The van der Waals surface area contributed by atoms with Crippen molar-refractivity contribution in [2.75, 3.05) is 31.1 Å². The van der Waals surface area contributed by atoms with Crippen LogP contribution in [0.1, 0.15) is 11.6 Å². The zero-order chi connectivity index (χ0) is 10.5. The molecule has 0 aromatic heterocycles. The molecule has 2 nitrogen and oxygen atoms in total. The summed E-state index contributed by atoms with van der Waals surface area (Å²) in [5.41, 5.74) is 7.42. The number of benzene rings is 1. The number of hydrogen-bond acceptors (Lipinski definition) is 3. The Morgan fingerprint density at radius 3 is 2.53 bits per heavy atom. The molecule has 2 N–H and O–H groups in total. The van der Waals surface area contributed by atoms with Crippen LogP contribution in [0.3, 0.4) is 0 Å². The van der Waals surface area contributed by atoms with Gasteiger partial charge in [0.05, 0.1) is 0 Å². The molecule has 1 fully saturated rings. The van der Waals surface area contributed by atoms with E-state index in [2.05, 4.69) is 29.2 Å². The summed E-state index contributed by atoms with van der Waals surface area (Å²) in [5, 5.41) is 0. The molecule has 0 unspecified atom stereocenters. The Morgan fingerprint density at radius 2 is 1.87 bits per heavy atom. The van der Waals surface area contributed by atoms with E-state index in [0.717, 1.165) is 6.54 Å². The minimum absolute atomic E-state index is 0.161. The molecule has 1 atom stereocenters. The molecule has 1 aliphatic rings. The maximum atomic E-state index is 6.18. The van der Waals surface area contributed by atoms with Crippen molar-refractivity contribution < 1.29 is 0 Å². The molecule has 0 saturated carbocycles. The summed E-state index contributed by atoms with van der Waals surface area (Å²) in [7, 11) is 0. The van der Waals surface area contributed by atoms with Gasteiger partial charge in [0.2, 0.25) is 0 Å². The van der Waals surface area contributed by atoms with Gasteiger partial charge in [-0.05, 0) is 5.56 Å². The fraction of sp³-hybridized carbons (Fsp3) is 0.500. The summed E-state index contributed by atoms with van der Waals surface area (Å²) in [6.07, 6.45) is 0. The normalized spacial score (nSPS) is 20.1. The average molecular weight is 222 g/mol. The Labute approximate surface area is 95.8 Å². The number of nitrogens with two attached hydrogens (primary N) is 1. The monoisotopic (exact) mass is 222 g/mol. The van der Waals surface area contributed by atoms with E-state index in [4.69, 9.17) is 5.73 Å². The van der Waals surface area contributed by atoms with Gasteiger partial charge in [0, 0.05) is 37.2 Å². The van der Waals surface area contributed by atoms with Gasteiger partial charge in [-0.3, -0.25) is 4.90 Å². The van der Waals surface area contributed by atoms with Crippen molar-refractivity contribution in [3.05, 3.63) is 35.9 Å². The Morgan fingerprint density at radius 1 is 1.20 bits per heavy atom. The highest BCUT2D eigenvalue weighted by atomic mass is 32.2. The second-order valence-electron chi connectivity index (χ2n) is 3.93. The Kier molecular flexibility index (Phi) is 4.06. The third kappa shape index (κ3) is 3.23. The van der Waals surface area contributed by atoms with Gasteiger partial charge < -0.3 is 5.73 Å². The van der Waals surface area contributed by atoms with E-state index in [9.17, 15) is 0 Å². The molecule has 1 heterocycles. The van der Waals surface area contributed by atoms with E-state index in [-0.39, 0.29) is 6.04 Å². The molecular formula is C12H18N2S. The summed E-state index contributed by atoms with van der Waals surface area (Å²) in [6, 6.07) is 10.5. The maximum Gasteiger partial charge on any atom is 0.0424 e. The smallest absolute Gasteiger partial charge is 0.0424 e. The van der Waals surface area contributed by atoms with Crippen LogP contribution in [-0.4, -0.2) is 36.0 Å². The maximum absolute atomic E-state index is 6.18. The molecule has 15 heavy (non-hydrogen) atoms. The van der Waals surface area contributed by atoms with E-state index < -0.39 is 0 Å². The van der Waals surface area contributed by atoms with Gasteiger partial charge >= 0.3 is 0 Å². The van der Waals surface area contributed by atoms with Crippen molar-refractivity contribution in [2.24, 2.45) is 5.73 Å². The molecule has 82 valence electrons. The number of rotatable bonds is 3.